The van der Waals surface area contributed by atoms with E-state index in [2.05, 4.69) is 45.6 Å². The molecular weight excluding hydrogens is 412 g/mol. The summed E-state index contributed by atoms with van der Waals surface area (Å²) < 4.78 is 0. The number of hydrogen-bond donors (Lipinski definition) is 2. The number of piperidine rings is 1. The molecule has 1 amide bonds. The van der Waals surface area contributed by atoms with Gasteiger partial charge in [0.05, 0.1) is 0 Å². The molecule has 0 aromatic heterocycles. The van der Waals surface area contributed by atoms with Crippen molar-refractivity contribution in [3.8, 4) is 0 Å². The molecule has 0 radical (unpaired) electrons. The highest BCUT2D eigenvalue weighted by Crippen LogP contribution is 2.32. The number of fused-ring (bicyclic) bond motifs is 1. The van der Waals surface area contributed by atoms with Gasteiger partial charge in [-0.25, -0.2) is 0 Å². The Hall–Kier alpha value is -2.86. The van der Waals surface area contributed by atoms with Crippen LogP contribution in [0.1, 0.15) is 47.7 Å². The molecule has 0 bridgehead atoms. The summed E-state index contributed by atoms with van der Waals surface area (Å²) in [5.74, 6) is 0.336. The second-order valence-electron chi connectivity index (χ2n) is 9.65. The van der Waals surface area contributed by atoms with Crippen LogP contribution in [0.2, 0.25) is 0 Å². The minimum atomic E-state index is -0.00292. The molecule has 0 saturated carbocycles. The number of hydrogen-bond acceptors (Lipinski definition) is 5. The molecule has 2 atom stereocenters. The van der Waals surface area contributed by atoms with Gasteiger partial charge in [0.15, 0.2) is 0 Å². The van der Waals surface area contributed by atoms with Gasteiger partial charge in [-0.05, 0) is 67.6 Å². The number of ketones is 1. The fourth-order valence-corrected chi connectivity index (χ4v) is 5.47. The number of amides is 1. The van der Waals surface area contributed by atoms with Crippen LogP contribution in [0.25, 0.3) is 0 Å². The Bertz CT molecular complexity index is 1010. The van der Waals surface area contributed by atoms with E-state index in [9.17, 15) is 9.59 Å². The predicted molar refractivity (Wildman–Crippen MR) is 132 cm³/mol. The van der Waals surface area contributed by atoms with Crippen molar-refractivity contribution in [2.75, 3.05) is 42.5 Å². The number of anilines is 2. The van der Waals surface area contributed by atoms with Gasteiger partial charge in [-0.15, -0.1) is 0 Å². The van der Waals surface area contributed by atoms with E-state index in [4.69, 9.17) is 0 Å². The van der Waals surface area contributed by atoms with E-state index in [0.29, 0.717) is 30.2 Å². The minimum Gasteiger partial charge on any atom is -0.371 e. The van der Waals surface area contributed by atoms with Crippen LogP contribution in [0.4, 0.5) is 11.4 Å². The summed E-state index contributed by atoms with van der Waals surface area (Å²) in [4.78, 5) is 29.2. The number of rotatable bonds is 4. The Morgan fingerprint density at radius 3 is 2.58 bits per heavy atom. The highest BCUT2D eigenvalue weighted by molar-refractivity contribution is 5.94. The molecule has 3 aliphatic rings. The highest BCUT2D eigenvalue weighted by Gasteiger charge is 2.27. The lowest BCUT2D eigenvalue weighted by molar-refractivity contribution is -0.119. The monoisotopic (exact) mass is 446 g/mol. The van der Waals surface area contributed by atoms with Crippen molar-refractivity contribution in [1.82, 2.24) is 10.6 Å². The Morgan fingerprint density at radius 2 is 1.82 bits per heavy atom. The topological polar surface area (TPSA) is 64.7 Å². The average Bonchev–Trinajstić information content (AvgIpc) is 2.85. The summed E-state index contributed by atoms with van der Waals surface area (Å²) in [5.41, 5.74) is 5.94. The van der Waals surface area contributed by atoms with E-state index >= 15 is 0 Å². The molecular formula is C27H34N4O2. The third-order valence-electron chi connectivity index (χ3n) is 7.42. The number of Topliss-reactive ketones (excluding diaryl/α,β-unsaturated/α-hetero) is 1. The van der Waals surface area contributed by atoms with E-state index in [0.717, 1.165) is 57.7 Å². The predicted octanol–water partition coefficient (Wildman–Crippen LogP) is 2.94. The molecule has 2 aromatic rings. The van der Waals surface area contributed by atoms with E-state index in [1.54, 1.807) is 0 Å². The van der Waals surface area contributed by atoms with Gasteiger partial charge in [0.1, 0.15) is 5.78 Å². The first-order valence-corrected chi connectivity index (χ1v) is 12.3. The quantitative estimate of drug-likeness (QED) is 0.756. The summed E-state index contributed by atoms with van der Waals surface area (Å²) in [6.45, 7) is 6.84. The summed E-state index contributed by atoms with van der Waals surface area (Å²) in [7, 11) is 0. The molecule has 2 aromatic carbocycles. The van der Waals surface area contributed by atoms with Crippen LogP contribution in [-0.4, -0.2) is 56.5 Å². The smallest absolute Gasteiger partial charge is 0.251 e. The molecule has 0 spiro atoms. The van der Waals surface area contributed by atoms with Crippen molar-refractivity contribution in [1.29, 1.82) is 0 Å². The first-order valence-electron chi connectivity index (χ1n) is 12.3. The maximum absolute atomic E-state index is 13.0. The number of carbonyl (C=O) groups excluding carboxylic acids is 2. The fraction of sp³-hybridized carbons (Fsp3) is 0.481. The van der Waals surface area contributed by atoms with Crippen LogP contribution >= 0.6 is 0 Å². The van der Waals surface area contributed by atoms with Crippen molar-refractivity contribution in [3.63, 3.8) is 0 Å². The first kappa shape index (κ1) is 22.0. The Kier molecular flexibility index (Phi) is 6.36. The van der Waals surface area contributed by atoms with Gasteiger partial charge in [0.2, 0.25) is 0 Å². The number of piperazine rings is 1. The van der Waals surface area contributed by atoms with Gasteiger partial charge >= 0.3 is 0 Å². The molecule has 2 aliphatic heterocycles. The maximum Gasteiger partial charge on any atom is 0.251 e. The molecule has 2 N–H and O–H groups in total. The van der Waals surface area contributed by atoms with Gasteiger partial charge < -0.3 is 20.4 Å². The number of nitrogens with one attached hydrogen (secondary N) is 2. The van der Waals surface area contributed by atoms with Gasteiger partial charge in [0, 0.05) is 74.6 Å². The lowest BCUT2D eigenvalue weighted by Crippen LogP contribution is -2.50. The molecule has 6 heteroatoms. The van der Waals surface area contributed by atoms with Crippen LogP contribution in [-0.2, 0) is 17.6 Å². The van der Waals surface area contributed by atoms with Crippen molar-refractivity contribution in [2.24, 2.45) is 0 Å². The maximum atomic E-state index is 13.0. The normalized spacial score (nSPS) is 23.2. The molecule has 2 heterocycles. The zero-order chi connectivity index (χ0) is 22.8. The Morgan fingerprint density at radius 1 is 1.03 bits per heavy atom. The molecule has 174 valence electrons. The Labute approximate surface area is 196 Å². The number of nitrogens with zero attached hydrogens (tertiary/aromatic N) is 2. The summed E-state index contributed by atoms with van der Waals surface area (Å²) >= 11 is 0. The van der Waals surface area contributed by atoms with Crippen LogP contribution in [0.15, 0.2) is 42.5 Å². The van der Waals surface area contributed by atoms with E-state index in [1.165, 1.54) is 16.8 Å². The summed E-state index contributed by atoms with van der Waals surface area (Å²) in [5, 5.41) is 6.77. The average molecular weight is 447 g/mol. The third-order valence-corrected chi connectivity index (χ3v) is 7.42. The molecule has 1 aliphatic carbocycles. The SMILES string of the molecule is C[C@@H]1CNCCN1c1cccc2c1CC(NC(=O)c1ccc(N3CCC(=O)CC3)cc1)CC2. The standard InChI is InChI=1S/C27H34N4O2/c1-19-18-28-13-16-31(19)26-4-2-3-20-5-8-22(17-25(20)26)29-27(33)21-6-9-23(10-7-21)30-14-11-24(32)12-15-30/h2-4,6-7,9-10,19,22,28H,5,8,11-18H2,1H3,(H,29,33)/t19-,22?/m1/s1. The molecule has 2 saturated heterocycles. The van der Waals surface area contributed by atoms with Crippen molar-refractivity contribution < 1.29 is 9.59 Å². The van der Waals surface area contributed by atoms with E-state index in [-0.39, 0.29) is 11.9 Å². The van der Waals surface area contributed by atoms with Gasteiger partial charge in [-0.3, -0.25) is 9.59 Å². The summed E-state index contributed by atoms with van der Waals surface area (Å²) in [6, 6.07) is 15.1. The van der Waals surface area contributed by atoms with E-state index in [1.807, 2.05) is 24.3 Å². The van der Waals surface area contributed by atoms with Gasteiger partial charge in [-0.2, -0.15) is 0 Å². The number of aryl methyl sites for hydroxylation is 1. The number of carbonyl (C=O) groups is 2. The molecule has 33 heavy (non-hydrogen) atoms. The lowest BCUT2D eigenvalue weighted by Gasteiger charge is -2.39. The first-order chi connectivity index (χ1) is 16.1. The number of benzene rings is 2. The van der Waals surface area contributed by atoms with Crippen molar-refractivity contribution >= 4 is 23.1 Å². The molecule has 2 fully saturated rings. The van der Waals surface area contributed by atoms with Gasteiger partial charge in [-0.1, -0.05) is 12.1 Å². The van der Waals surface area contributed by atoms with Crippen LogP contribution in [0.3, 0.4) is 0 Å². The van der Waals surface area contributed by atoms with Crippen molar-refractivity contribution in [3.05, 3.63) is 59.2 Å². The zero-order valence-electron chi connectivity index (χ0n) is 19.5. The molecule has 1 unspecified atom stereocenters. The fourth-order valence-electron chi connectivity index (χ4n) is 5.47. The largest absolute Gasteiger partial charge is 0.371 e. The molecule has 5 rings (SSSR count). The zero-order valence-corrected chi connectivity index (χ0v) is 19.5. The van der Waals surface area contributed by atoms with Crippen LogP contribution in [0.5, 0.6) is 0 Å². The van der Waals surface area contributed by atoms with Crippen molar-refractivity contribution in [2.45, 2.75) is 51.1 Å². The third kappa shape index (κ3) is 4.76. The summed E-state index contributed by atoms with van der Waals surface area (Å²) in [6.07, 6.45) is 4.08. The second kappa shape index (κ2) is 9.56. The van der Waals surface area contributed by atoms with Gasteiger partial charge in [0.25, 0.3) is 5.91 Å². The molecule has 6 nitrogen and oxygen atoms in total. The van der Waals surface area contributed by atoms with Crippen LogP contribution in [0, 0.1) is 0 Å². The lowest BCUT2D eigenvalue weighted by atomic mass is 9.86. The Balaban J connectivity index is 1.25. The highest BCUT2D eigenvalue weighted by atomic mass is 16.1. The van der Waals surface area contributed by atoms with E-state index < -0.39 is 0 Å². The van der Waals surface area contributed by atoms with Crippen LogP contribution < -0.4 is 20.4 Å². The minimum absolute atomic E-state index is 0.00292. The second-order valence-corrected chi connectivity index (χ2v) is 9.65.